The first-order chi connectivity index (χ1) is 16.0. The first kappa shape index (κ1) is 23.4. The number of halogens is 1. The SMILES string of the molecule is CCOC(=O)c1c(NC(=O)CSc2nnc(-c3ccc(F)cc3)n2C)sc2c1CCCCC2. The Labute approximate surface area is 199 Å². The number of fused-ring (bicyclic) bond motifs is 1. The summed E-state index contributed by atoms with van der Waals surface area (Å²) < 4.78 is 20.2. The Hall–Kier alpha value is -2.72. The van der Waals surface area contributed by atoms with E-state index in [0.717, 1.165) is 48.1 Å². The van der Waals surface area contributed by atoms with Crippen LogP contribution in [0.15, 0.2) is 29.4 Å². The van der Waals surface area contributed by atoms with Crippen molar-refractivity contribution in [3.8, 4) is 11.4 Å². The van der Waals surface area contributed by atoms with Gasteiger partial charge in [0.2, 0.25) is 5.91 Å². The van der Waals surface area contributed by atoms with Gasteiger partial charge in [0.05, 0.1) is 17.9 Å². The van der Waals surface area contributed by atoms with E-state index >= 15 is 0 Å². The van der Waals surface area contributed by atoms with Gasteiger partial charge in [-0.05, 0) is 62.4 Å². The van der Waals surface area contributed by atoms with Crippen LogP contribution < -0.4 is 5.32 Å². The zero-order chi connectivity index (χ0) is 23.4. The van der Waals surface area contributed by atoms with E-state index in [2.05, 4.69) is 15.5 Å². The first-order valence-corrected chi connectivity index (χ1v) is 12.7. The number of aromatic nitrogens is 3. The summed E-state index contributed by atoms with van der Waals surface area (Å²) in [6.45, 7) is 2.06. The molecule has 0 saturated heterocycles. The van der Waals surface area contributed by atoms with Crippen molar-refractivity contribution < 1.29 is 18.7 Å². The Morgan fingerprint density at radius 2 is 1.94 bits per heavy atom. The van der Waals surface area contributed by atoms with Crippen molar-refractivity contribution in [1.29, 1.82) is 0 Å². The van der Waals surface area contributed by atoms with Crippen LogP contribution in [0.2, 0.25) is 0 Å². The van der Waals surface area contributed by atoms with E-state index < -0.39 is 0 Å². The molecule has 0 radical (unpaired) electrons. The quantitative estimate of drug-likeness (QED) is 0.290. The van der Waals surface area contributed by atoms with E-state index in [-0.39, 0.29) is 30.1 Å². The predicted molar refractivity (Wildman–Crippen MR) is 127 cm³/mol. The summed E-state index contributed by atoms with van der Waals surface area (Å²) in [5.41, 5.74) is 2.27. The van der Waals surface area contributed by atoms with Crippen LogP contribution in [0.5, 0.6) is 0 Å². The van der Waals surface area contributed by atoms with Crippen LogP contribution in [0.3, 0.4) is 0 Å². The van der Waals surface area contributed by atoms with E-state index in [1.54, 1.807) is 30.7 Å². The van der Waals surface area contributed by atoms with Crippen LogP contribution >= 0.6 is 23.1 Å². The van der Waals surface area contributed by atoms with Gasteiger partial charge in [-0.1, -0.05) is 18.2 Å². The van der Waals surface area contributed by atoms with Crippen LogP contribution in [0.25, 0.3) is 11.4 Å². The molecular formula is C23H25FN4O3S2. The maximum absolute atomic E-state index is 13.2. The van der Waals surface area contributed by atoms with Gasteiger partial charge in [-0.2, -0.15) is 0 Å². The minimum atomic E-state index is -0.378. The number of ether oxygens (including phenoxy) is 1. The minimum Gasteiger partial charge on any atom is -0.462 e. The van der Waals surface area contributed by atoms with Gasteiger partial charge < -0.3 is 14.6 Å². The number of thiophene rings is 1. The fourth-order valence-electron chi connectivity index (χ4n) is 3.83. The number of hydrogen-bond acceptors (Lipinski definition) is 7. The highest BCUT2D eigenvalue weighted by molar-refractivity contribution is 7.99. The first-order valence-electron chi connectivity index (χ1n) is 10.9. The molecule has 3 aromatic rings. The molecule has 0 saturated carbocycles. The average Bonchev–Trinajstić information content (AvgIpc) is 3.23. The maximum Gasteiger partial charge on any atom is 0.341 e. The third-order valence-corrected chi connectivity index (χ3v) is 7.65. The average molecular weight is 489 g/mol. The lowest BCUT2D eigenvalue weighted by Gasteiger charge is -2.08. The summed E-state index contributed by atoms with van der Waals surface area (Å²) in [6, 6.07) is 6.01. The predicted octanol–water partition coefficient (Wildman–Crippen LogP) is 4.86. The number of rotatable bonds is 7. The Kier molecular flexibility index (Phi) is 7.44. The van der Waals surface area contributed by atoms with Crippen molar-refractivity contribution in [2.75, 3.05) is 17.7 Å². The lowest BCUT2D eigenvalue weighted by molar-refractivity contribution is -0.113. The fourth-order valence-corrected chi connectivity index (χ4v) is 5.84. The number of carbonyl (C=O) groups excluding carboxylic acids is 2. The number of thioether (sulfide) groups is 1. The molecule has 1 aromatic carbocycles. The Bertz CT molecular complexity index is 1160. The van der Waals surface area contributed by atoms with E-state index in [9.17, 15) is 14.0 Å². The van der Waals surface area contributed by atoms with E-state index in [0.29, 0.717) is 21.5 Å². The second-order valence-electron chi connectivity index (χ2n) is 7.70. The van der Waals surface area contributed by atoms with E-state index in [1.165, 1.54) is 35.2 Å². The van der Waals surface area contributed by atoms with Crippen LogP contribution in [0, 0.1) is 5.82 Å². The van der Waals surface area contributed by atoms with E-state index in [4.69, 9.17) is 4.74 Å². The molecule has 1 amide bonds. The van der Waals surface area contributed by atoms with Gasteiger partial charge in [0.25, 0.3) is 0 Å². The fraction of sp³-hybridized carbons (Fsp3) is 0.391. The zero-order valence-corrected chi connectivity index (χ0v) is 20.2. The van der Waals surface area contributed by atoms with Crippen LogP contribution in [0.4, 0.5) is 9.39 Å². The van der Waals surface area contributed by atoms with Crippen LogP contribution in [-0.2, 0) is 29.4 Å². The Balaban J connectivity index is 1.46. The van der Waals surface area contributed by atoms with Gasteiger partial charge in [-0.3, -0.25) is 4.79 Å². The molecule has 2 heterocycles. The Morgan fingerprint density at radius 3 is 2.70 bits per heavy atom. The number of esters is 1. The molecule has 2 aromatic heterocycles. The zero-order valence-electron chi connectivity index (χ0n) is 18.5. The summed E-state index contributed by atoms with van der Waals surface area (Å²) >= 11 is 2.73. The van der Waals surface area contributed by atoms with Gasteiger partial charge in [-0.25, -0.2) is 9.18 Å². The highest BCUT2D eigenvalue weighted by atomic mass is 32.2. The Morgan fingerprint density at radius 1 is 1.18 bits per heavy atom. The number of nitrogens with one attached hydrogen (secondary N) is 1. The maximum atomic E-state index is 13.2. The number of aryl methyl sites for hydroxylation is 1. The lowest BCUT2D eigenvalue weighted by atomic mass is 10.1. The summed E-state index contributed by atoms with van der Waals surface area (Å²) in [7, 11) is 1.80. The topological polar surface area (TPSA) is 86.1 Å². The molecule has 0 spiro atoms. The van der Waals surface area contributed by atoms with E-state index in [1.807, 2.05) is 0 Å². The lowest BCUT2D eigenvalue weighted by Crippen LogP contribution is -2.17. The van der Waals surface area contributed by atoms with Crippen LogP contribution in [0.1, 0.15) is 47.0 Å². The molecule has 1 aliphatic rings. The highest BCUT2D eigenvalue weighted by Gasteiger charge is 2.26. The molecule has 10 heteroatoms. The third-order valence-electron chi connectivity index (χ3n) is 5.42. The normalized spacial score (nSPS) is 13.3. The summed E-state index contributed by atoms with van der Waals surface area (Å²) in [5.74, 6) is -0.226. The number of anilines is 1. The number of carbonyl (C=O) groups is 2. The standard InChI is InChI=1S/C23H25FN4O3S2/c1-3-31-22(30)19-16-7-5-4-6-8-17(16)33-21(19)25-18(29)13-32-23-27-26-20(28(23)2)14-9-11-15(24)12-10-14/h9-12H,3-8,13H2,1-2H3,(H,25,29). The summed E-state index contributed by atoms with van der Waals surface area (Å²) in [5, 5.41) is 12.4. The van der Waals surface area contributed by atoms with Crippen molar-refractivity contribution >= 4 is 40.0 Å². The summed E-state index contributed by atoms with van der Waals surface area (Å²) in [4.78, 5) is 26.6. The van der Waals surface area contributed by atoms with Gasteiger partial charge >= 0.3 is 5.97 Å². The van der Waals surface area contributed by atoms with Crippen molar-refractivity contribution in [3.63, 3.8) is 0 Å². The molecule has 33 heavy (non-hydrogen) atoms. The van der Waals surface area contributed by atoms with Crippen molar-refractivity contribution in [1.82, 2.24) is 14.8 Å². The van der Waals surface area contributed by atoms with Crippen molar-refractivity contribution in [2.24, 2.45) is 7.05 Å². The second-order valence-corrected chi connectivity index (χ2v) is 9.75. The minimum absolute atomic E-state index is 0.111. The van der Waals surface area contributed by atoms with Gasteiger partial charge in [-0.15, -0.1) is 21.5 Å². The van der Waals surface area contributed by atoms with Gasteiger partial charge in [0.1, 0.15) is 10.8 Å². The van der Waals surface area contributed by atoms with Gasteiger partial charge in [0.15, 0.2) is 11.0 Å². The molecule has 1 N–H and O–H groups in total. The third kappa shape index (κ3) is 5.27. The molecular weight excluding hydrogens is 463 g/mol. The number of hydrogen-bond donors (Lipinski definition) is 1. The van der Waals surface area contributed by atoms with Crippen molar-refractivity contribution in [3.05, 3.63) is 46.1 Å². The molecule has 7 nitrogen and oxygen atoms in total. The molecule has 4 rings (SSSR count). The molecule has 0 unspecified atom stereocenters. The largest absolute Gasteiger partial charge is 0.462 e. The van der Waals surface area contributed by atoms with Crippen molar-refractivity contribution in [2.45, 2.75) is 44.2 Å². The molecule has 0 bridgehead atoms. The smallest absolute Gasteiger partial charge is 0.341 e. The molecule has 174 valence electrons. The molecule has 0 aliphatic heterocycles. The van der Waals surface area contributed by atoms with Crippen LogP contribution in [-0.4, -0.2) is 39.0 Å². The molecule has 0 atom stereocenters. The highest BCUT2D eigenvalue weighted by Crippen LogP contribution is 2.38. The van der Waals surface area contributed by atoms with Gasteiger partial charge in [0, 0.05) is 17.5 Å². The second kappa shape index (κ2) is 10.5. The number of amides is 1. The monoisotopic (exact) mass is 488 g/mol. The molecule has 0 fully saturated rings. The number of benzene rings is 1. The summed E-state index contributed by atoms with van der Waals surface area (Å²) in [6.07, 6.45) is 5.00. The molecule has 1 aliphatic carbocycles. The number of nitrogens with zero attached hydrogens (tertiary/aromatic N) is 3.